The molecule has 5 heteroatoms. The van der Waals surface area contributed by atoms with Crippen LogP contribution < -0.4 is 5.32 Å². The SMILES string of the molecule is C/C=C/C(C)=C\C(C)C(=O)CC(O)CC1CC(=O)NC(=O)C1. The maximum absolute atomic E-state index is 12.1. The van der Waals surface area contributed by atoms with Gasteiger partial charge in [0.05, 0.1) is 6.10 Å². The van der Waals surface area contributed by atoms with Crippen LogP contribution in [-0.4, -0.2) is 28.8 Å². The van der Waals surface area contributed by atoms with Crippen LogP contribution in [0.1, 0.15) is 46.5 Å². The number of hydrogen-bond acceptors (Lipinski definition) is 4. The summed E-state index contributed by atoms with van der Waals surface area (Å²) in [6.45, 7) is 5.64. The first-order chi connectivity index (χ1) is 10.3. The first-order valence-electron chi connectivity index (χ1n) is 7.66. The molecule has 2 amide bonds. The first-order valence-corrected chi connectivity index (χ1v) is 7.66. The summed E-state index contributed by atoms with van der Waals surface area (Å²) >= 11 is 0. The van der Waals surface area contributed by atoms with Crippen LogP contribution in [0.15, 0.2) is 23.8 Å². The van der Waals surface area contributed by atoms with Crippen molar-refractivity contribution < 1.29 is 19.5 Å². The molecule has 1 aliphatic rings. The second kappa shape index (κ2) is 8.63. The molecule has 5 nitrogen and oxygen atoms in total. The number of hydrogen-bond donors (Lipinski definition) is 2. The van der Waals surface area contributed by atoms with Crippen molar-refractivity contribution in [3.05, 3.63) is 23.8 Å². The predicted molar refractivity (Wildman–Crippen MR) is 83.9 cm³/mol. The smallest absolute Gasteiger partial charge is 0.226 e. The van der Waals surface area contributed by atoms with Crippen molar-refractivity contribution in [2.24, 2.45) is 11.8 Å². The second-order valence-corrected chi connectivity index (χ2v) is 6.00. The van der Waals surface area contributed by atoms with Crippen LogP contribution in [0.25, 0.3) is 0 Å². The minimum absolute atomic E-state index is 0.0389. The molecule has 0 radical (unpaired) electrons. The van der Waals surface area contributed by atoms with Crippen molar-refractivity contribution >= 4 is 17.6 Å². The molecular formula is C17H25NO4. The van der Waals surface area contributed by atoms with Crippen LogP contribution in [0.3, 0.4) is 0 Å². The molecule has 0 aromatic heterocycles. The van der Waals surface area contributed by atoms with Crippen molar-refractivity contribution in [2.75, 3.05) is 0 Å². The van der Waals surface area contributed by atoms with Crippen molar-refractivity contribution in [1.82, 2.24) is 5.32 Å². The Labute approximate surface area is 131 Å². The van der Waals surface area contributed by atoms with E-state index in [0.717, 1.165) is 5.57 Å². The highest BCUT2D eigenvalue weighted by molar-refractivity contribution is 5.97. The summed E-state index contributed by atoms with van der Waals surface area (Å²) < 4.78 is 0. The number of aliphatic hydroxyl groups is 1. The van der Waals surface area contributed by atoms with Gasteiger partial charge in [-0.05, 0) is 26.2 Å². The Morgan fingerprint density at radius 3 is 2.50 bits per heavy atom. The number of carbonyl (C=O) groups is 3. The Balaban J connectivity index is 2.48. The monoisotopic (exact) mass is 307 g/mol. The molecule has 1 rings (SSSR count). The molecule has 2 N–H and O–H groups in total. The van der Waals surface area contributed by atoms with E-state index in [1.165, 1.54) is 0 Å². The number of imide groups is 1. The highest BCUT2D eigenvalue weighted by atomic mass is 16.3. The lowest BCUT2D eigenvalue weighted by Crippen LogP contribution is -2.39. The molecular weight excluding hydrogens is 282 g/mol. The number of rotatable bonds is 7. The van der Waals surface area contributed by atoms with Gasteiger partial charge in [0.25, 0.3) is 0 Å². The van der Waals surface area contributed by atoms with Crippen LogP contribution in [-0.2, 0) is 14.4 Å². The summed E-state index contributed by atoms with van der Waals surface area (Å²) in [7, 11) is 0. The number of ketones is 1. The van der Waals surface area contributed by atoms with E-state index in [9.17, 15) is 19.5 Å². The van der Waals surface area contributed by atoms with Gasteiger partial charge < -0.3 is 5.11 Å². The van der Waals surface area contributed by atoms with E-state index >= 15 is 0 Å². The number of allylic oxidation sites excluding steroid dienone is 4. The van der Waals surface area contributed by atoms with Crippen LogP contribution in [0, 0.1) is 11.8 Å². The van der Waals surface area contributed by atoms with Gasteiger partial charge in [-0.1, -0.05) is 30.7 Å². The average molecular weight is 307 g/mol. The number of Topliss-reactive ketones (excluding diaryl/α,β-unsaturated/α-hetero) is 1. The highest BCUT2D eigenvalue weighted by Gasteiger charge is 2.27. The standard InChI is InChI=1S/C17H25NO4/c1-4-5-11(2)6-12(3)15(20)10-14(19)7-13-8-16(21)18-17(22)9-13/h4-6,12-14,19H,7-10H2,1-3H3,(H,18,21,22)/b5-4+,11-6-. The van der Waals surface area contributed by atoms with E-state index in [1.807, 2.05) is 32.1 Å². The molecule has 2 unspecified atom stereocenters. The molecule has 0 saturated carbocycles. The zero-order valence-corrected chi connectivity index (χ0v) is 13.5. The number of amides is 2. The molecule has 0 aliphatic carbocycles. The van der Waals surface area contributed by atoms with E-state index < -0.39 is 6.10 Å². The van der Waals surface area contributed by atoms with Gasteiger partial charge in [-0.2, -0.15) is 0 Å². The lowest BCUT2D eigenvalue weighted by Gasteiger charge is -2.23. The molecule has 0 aromatic carbocycles. The van der Waals surface area contributed by atoms with Crippen LogP contribution in [0.5, 0.6) is 0 Å². The van der Waals surface area contributed by atoms with Gasteiger partial charge in [-0.15, -0.1) is 0 Å². The van der Waals surface area contributed by atoms with Gasteiger partial charge in [0, 0.05) is 25.2 Å². The normalized spacial score (nSPS) is 20.1. The molecule has 1 saturated heterocycles. The maximum Gasteiger partial charge on any atom is 0.226 e. The summed E-state index contributed by atoms with van der Waals surface area (Å²) in [6.07, 6.45) is 5.69. The predicted octanol–water partition coefficient (Wildman–Crippen LogP) is 1.91. The number of piperidine rings is 1. The fourth-order valence-electron chi connectivity index (χ4n) is 2.71. The summed E-state index contributed by atoms with van der Waals surface area (Å²) in [5.74, 6) is -1.10. The average Bonchev–Trinajstić information content (AvgIpc) is 2.36. The third kappa shape index (κ3) is 6.35. The molecule has 0 spiro atoms. The van der Waals surface area contributed by atoms with Crippen molar-refractivity contribution in [3.8, 4) is 0 Å². The Morgan fingerprint density at radius 1 is 1.36 bits per heavy atom. The molecule has 0 aromatic rings. The highest BCUT2D eigenvalue weighted by Crippen LogP contribution is 2.21. The Morgan fingerprint density at radius 2 is 1.95 bits per heavy atom. The topological polar surface area (TPSA) is 83.5 Å². The lowest BCUT2D eigenvalue weighted by molar-refractivity contribution is -0.135. The lowest BCUT2D eigenvalue weighted by atomic mass is 9.88. The maximum atomic E-state index is 12.1. The van der Waals surface area contributed by atoms with E-state index in [2.05, 4.69) is 5.32 Å². The van der Waals surface area contributed by atoms with Gasteiger partial charge in [-0.3, -0.25) is 19.7 Å². The fourth-order valence-corrected chi connectivity index (χ4v) is 2.71. The van der Waals surface area contributed by atoms with Crippen molar-refractivity contribution in [2.45, 2.75) is 52.6 Å². The number of nitrogens with one attached hydrogen (secondary N) is 1. The molecule has 0 bridgehead atoms. The Hall–Kier alpha value is -1.75. The van der Waals surface area contributed by atoms with Gasteiger partial charge >= 0.3 is 0 Å². The van der Waals surface area contributed by atoms with Crippen LogP contribution in [0.4, 0.5) is 0 Å². The minimum Gasteiger partial charge on any atom is -0.393 e. The van der Waals surface area contributed by atoms with E-state index in [1.54, 1.807) is 6.92 Å². The van der Waals surface area contributed by atoms with Gasteiger partial charge in [0.2, 0.25) is 11.8 Å². The number of carbonyl (C=O) groups excluding carboxylic acids is 3. The molecule has 122 valence electrons. The zero-order valence-electron chi connectivity index (χ0n) is 13.5. The third-order valence-corrected chi connectivity index (χ3v) is 3.72. The minimum atomic E-state index is -0.811. The third-order valence-electron chi connectivity index (χ3n) is 3.72. The van der Waals surface area contributed by atoms with Crippen LogP contribution >= 0.6 is 0 Å². The fraction of sp³-hybridized carbons (Fsp3) is 0.588. The summed E-state index contributed by atoms with van der Waals surface area (Å²) in [6, 6.07) is 0. The van der Waals surface area contributed by atoms with Crippen molar-refractivity contribution in [3.63, 3.8) is 0 Å². The van der Waals surface area contributed by atoms with Gasteiger partial charge in [0.15, 0.2) is 0 Å². The van der Waals surface area contributed by atoms with E-state index in [-0.39, 0.29) is 48.7 Å². The second-order valence-electron chi connectivity index (χ2n) is 6.00. The van der Waals surface area contributed by atoms with E-state index in [0.29, 0.717) is 6.42 Å². The van der Waals surface area contributed by atoms with E-state index in [4.69, 9.17) is 0 Å². The quantitative estimate of drug-likeness (QED) is 0.556. The Bertz CT molecular complexity index is 477. The van der Waals surface area contributed by atoms with Crippen LogP contribution in [0.2, 0.25) is 0 Å². The largest absolute Gasteiger partial charge is 0.393 e. The van der Waals surface area contributed by atoms with Gasteiger partial charge in [-0.25, -0.2) is 0 Å². The number of aliphatic hydroxyl groups excluding tert-OH is 1. The molecule has 22 heavy (non-hydrogen) atoms. The zero-order chi connectivity index (χ0) is 16.7. The summed E-state index contributed by atoms with van der Waals surface area (Å²) in [5.41, 5.74) is 1.01. The summed E-state index contributed by atoms with van der Waals surface area (Å²) in [4.78, 5) is 34.7. The molecule has 1 heterocycles. The molecule has 1 fully saturated rings. The Kier molecular flexibility index (Phi) is 7.18. The molecule has 2 atom stereocenters. The molecule has 1 aliphatic heterocycles. The van der Waals surface area contributed by atoms with Gasteiger partial charge in [0.1, 0.15) is 5.78 Å². The first kappa shape index (κ1) is 18.3. The van der Waals surface area contributed by atoms with Crippen molar-refractivity contribution in [1.29, 1.82) is 0 Å². The summed E-state index contributed by atoms with van der Waals surface area (Å²) in [5, 5.41) is 12.3.